The Kier molecular flexibility index (Phi) is 4.04. The van der Waals surface area contributed by atoms with Crippen molar-refractivity contribution in [1.82, 2.24) is 4.98 Å². The van der Waals surface area contributed by atoms with Gasteiger partial charge in [-0.15, -0.1) is 11.3 Å². The van der Waals surface area contributed by atoms with Crippen LogP contribution in [0.4, 0.5) is 15.8 Å². The number of nitrogen functional groups attached to an aromatic ring is 1. The lowest BCUT2D eigenvalue weighted by Gasteiger charge is -2.09. The van der Waals surface area contributed by atoms with Gasteiger partial charge in [0.15, 0.2) is 0 Å². The Labute approximate surface area is 114 Å². The van der Waals surface area contributed by atoms with E-state index < -0.39 is 5.82 Å². The van der Waals surface area contributed by atoms with Crippen LogP contribution < -0.4 is 11.1 Å². The first kappa shape index (κ1) is 13.1. The lowest BCUT2D eigenvalue weighted by Crippen LogP contribution is -2.07. The van der Waals surface area contributed by atoms with E-state index in [1.165, 1.54) is 12.1 Å². The van der Waals surface area contributed by atoms with Crippen LogP contribution in [-0.2, 0) is 6.42 Å². The summed E-state index contributed by atoms with van der Waals surface area (Å²) >= 11 is 7.33. The van der Waals surface area contributed by atoms with Crippen LogP contribution in [0.15, 0.2) is 17.5 Å². The fraction of sp³-hybridized carbons (Fsp3) is 0.250. The molecule has 0 fully saturated rings. The van der Waals surface area contributed by atoms with Gasteiger partial charge in [-0.2, -0.15) is 0 Å². The molecule has 0 aliphatic rings. The number of nitrogens with zero attached hydrogens (tertiary/aromatic N) is 1. The van der Waals surface area contributed by atoms with Crippen molar-refractivity contribution < 1.29 is 4.39 Å². The van der Waals surface area contributed by atoms with E-state index >= 15 is 0 Å². The highest BCUT2D eigenvalue weighted by Gasteiger charge is 2.06. The van der Waals surface area contributed by atoms with Gasteiger partial charge in [-0.05, 0) is 13.0 Å². The topological polar surface area (TPSA) is 50.9 Å². The van der Waals surface area contributed by atoms with E-state index in [4.69, 9.17) is 17.3 Å². The monoisotopic (exact) mass is 285 g/mol. The van der Waals surface area contributed by atoms with Crippen LogP contribution in [0, 0.1) is 12.7 Å². The molecule has 0 saturated carbocycles. The third-order valence-electron chi connectivity index (χ3n) is 2.46. The van der Waals surface area contributed by atoms with E-state index in [2.05, 4.69) is 10.3 Å². The van der Waals surface area contributed by atoms with Crippen molar-refractivity contribution in [2.24, 2.45) is 0 Å². The molecule has 3 N–H and O–H groups in total. The number of anilines is 2. The van der Waals surface area contributed by atoms with E-state index in [9.17, 15) is 4.39 Å². The minimum absolute atomic E-state index is 0.0659. The maximum absolute atomic E-state index is 13.1. The Balaban J connectivity index is 1.96. The van der Waals surface area contributed by atoms with E-state index in [-0.39, 0.29) is 5.02 Å². The Morgan fingerprint density at radius 2 is 2.28 bits per heavy atom. The maximum atomic E-state index is 13.1. The number of nitrogens with two attached hydrogens (primary N) is 1. The van der Waals surface area contributed by atoms with Gasteiger partial charge in [-0.1, -0.05) is 11.6 Å². The summed E-state index contributed by atoms with van der Waals surface area (Å²) in [5.74, 6) is -0.505. The average molecular weight is 286 g/mol. The second-order valence-electron chi connectivity index (χ2n) is 3.89. The van der Waals surface area contributed by atoms with Crippen LogP contribution in [0.2, 0.25) is 5.02 Å². The normalized spacial score (nSPS) is 10.6. The Morgan fingerprint density at radius 1 is 1.50 bits per heavy atom. The maximum Gasteiger partial charge on any atom is 0.143 e. The average Bonchev–Trinajstić information content (AvgIpc) is 2.71. The molecule has 96 valence electrons. The van der Waals surface area contributed by atoms with E-state index in [0.717, 1.165) is 17.1 Å². The number of aryl methyl sites for hydroxylation is 1. The van der Waals surface area contributed by atoms with Crippen molar-refractivity contribution in [3.8, 4) is 0 Å². The standard InChI is InChI=1S/C12H13ClFN3S/c1-7-17-8(6-18-7)2-3-16-12-4-9(13)10(14)5-11(12)15/h4-6,16H,2-3,15H2,1H3. The molecule has 0 aliphatic heterocycles. The fourth-order valence-corrected chi connectivity index (χ4v) is 2.37. The Bertz CT molecular complexity index is 556. The molecule has 3 nitrogen and oxygen atoms in total. The highest BCUT2D eigenvalue weighted by atomic mass is 35.5. The molecule has 0 amide bonds. The number of hydrogen-bond acceptors (Lipinski definition) is 4. The van der Waals surface area contributed by atoms with E-state index in [0.29, 0.717) is 17.9 Å². The predicted octanol–water partition coefficient (Wildman–Crippen LogP) is 3.48. The first-order valence-corrected chi connectivity index (χ1v) is 6.71. The molecule has 1 aromatic heterocycles. The summed E-state index contributed by atoms with van der Waals surface area (Å²) in [6, 6.07) is 2.72. The second kappa shape index (κ2) is 5.54. The van der Waals surface area contributed by atoms with Gasteiger partial charge >= 0.3 is 0 Å². The molecule has 6 heteroatoms. The van der Waals surface area contributed by atoms with Crippen LogP contribution in [0.3, 0.4) is 0 Å². The Hall–Kier alpha value is -1.33. The molecule has 1 aromatic carbocycles. The van der Waals surface area contributed by atoms with Crippen molar-refractivity contribution in [3.05, 3.63) is 39.1 Å². The summed E-state index contributed by atoms with van der Waals surface area (Å²) in [5.41, 5.74) is 7.74. The third kappa shape index (κ3) is 3.11. The molecule has 2 rings (SSSR count). The van der Waals surface area contributed by atoms with Crippen molar-refractivity contribution in [3.63, 3.8) is 0 Å². The largest absolute Gasteiger partial charge is 0.397 e. The van der Waals surface area contributed by atoms with E-state index in [1.807, 2.05) is 12.3 Å². The number of rotatable bonds is 4. The second-order valence-corrected chi connectivity index (χ2v) is 5.36. The molecule has 2 aromatic rings. The molecule has 0 spiro atoms. The van der Waals surface area contributed by atoms with Crippen LogP contribution in [0.1, 0.15) is 10.7 Å². The van der Waals surface area contributed by atoms with Gasteiger partial charge < -0.3 is 11.1 Å². The molecule has 0 saturated heterocycles. The van der Waals surface area contributed by atoms with Crippen LogP contribution in [-0.4, -0.2) is 11.5 Å². The van der Waals surface area contributed by atoms with Gasteiger partial charge in [0.1, 0.15) is 5.82 Å². The van der Waals surface area contributed by atoms with E-state index in [1.54, 1.807) is 11.3 Å². The van der Waals surface area contributed by atoms with Crippen molar-refractivity contribution in [2.45, 2.75) is 13.3 Å². The minimum Gasteiger partial charge on any atom is -0.397 e. The zero-order valence-electron chi connectivity index (χ0n) is 9.84. The summed E-state index contributed by atoms with van der Waals surface area (Å²) in [6.45, 7) is 2.65. The van der Waals surface area contributed by atoms with Gasteiger partial charge in [0.25, 0.3) is 0 Å². The summed E-state index contributed by atoms with van der Waals surface area (Å²) in [7, 11) is 0. The molecule has 0 aliphatic carbocycles. The van der Waals surface area contributed by atoms with Crippen molar-refractivity contribution >= 4 is 34.3 Å². The summed E-state index contributed by atoms with van der Waals surface area (Å²) in [6.07, 6.45) is 0.790. The highest BCUT2D eigenvalue weighted by Crippen LogP contribution is 2.26. The molecule has 1 heterocycles. The van der Waals surface area contributed by atoms with Crippen LogP contribution >= 0.6 is 22.9 Å². The van der Waals surface area contributed by atoms with Crippen molar-refractivity contribution in [2.75, 3.05) is 17.6 Å². The number of benzene rings is 1. The first-order valence-electron chi connectivity index (χ1n) is 5.45. The zero-order valence-corrected chi connectivity index (χ0v) is 11.4. The lowest BCUT2D eigenvalue weighted by molar-refractivity contribution is 0.629. The summed E-state index contributed by atoms with van der Waals surface area (Å²) in [4.78, 5) is 4.36. The lowest BCUT2D eigenvalue weighted by atomic mass is 10.2. The minimum atomic E-state index is -0.505. The Morgan fingerprint density at radius 3 is 2.94 bits per heavy atom. The van der Waals surface area contributed by atoms with Gasteiger partial charge in [-0.3, -0.25) is 0 Å². The zero-order chi connectivity index (χ0) is 13.1. The highest BCUT2D eigenvalue weighted by molar-refractivity contribution is 7.09. The number of aromatic nitrogens is 1. The van der Waals surface area contributed by atoms with Crippen LogP contribution in [0.5, 0.6) is 0 Å². The fourth-order valence-electron chi connectivity index (χ4n) is 1.56. The SMILES string of the molecule is Cc1nc(CCNc2cc(Cl)c(F)cc2N)cs1. The number of halogens is 2. The molecular formula is C12H13ClFN3S. The quantitative estimate of drug-likeness (QED) is 0.846. The number of thiazole rings is 1. The molecule has 0 bridgehead atoms. The summed E-state index contributed by atoms with van der Waals surface area (Å²) < 4.78 is 13.1. The summed E-state index contributed by atoms with van der Waals surface area (Å²) in [5, 5.41) is 6.27. The molecular weight excluding hydrogens is 273 g/mol. The number of nitrogens with one attached hydrogen (secondary N) is 1. The van der Waals surface area contributed by atoms with Gasteiger partial charge in [0.2, 0.25) is 0 Å². The first-order chi connectivity index (χ1) is 8.56. The molecule has 0 radical (unpaired) electrons. The third-order valence-corrected chi connectivity index (χ3v) is 3.57. The van der Waals surface area contributed by atoms with Gasteiger partial charge in [-0.25, -0.2) is 9.37 Å². The smallest absolute Gasteiger partial charge is 0.143 e. The molecule has 0 atom stereocenters. The van der Waals surface area contributed by atoms with Crippen molar-refractivity contribution in [1.29, 1.82) is 0 Å². The molecule has 18 heavy (non-hydrogen) atoms. The van der Waals surface area contributed by atoms with Crippen LogP contribution in [0.25, 0.3) is 0 Å². The van der Waals surface area contributed by atoms with Gasteiger partial charge in [0.05, 0.1) is 27.1 Å². The number of hydrogen-bond donors (Lipinski definition) is 2. The van der Waals surface area contributed by atoms with Gasteiger partial charge in [0, 0.05) is 24.4 Å². The molecule has 0 unspecified atom stereocenters. The predicted molar refractivity (Wildman–Crippen MR) is 74.9 cm³/mol.